The average Bonchev–Trinajstić information content (AvgIpc) is 2.19. The van der Waals surface area contributed by atoms with E-state index in [2.05, 4.69) is 4.98 Å². The van der Waals surface area contributed by atoms with Crippen LogP contribution in [0.4, 0.5) is 0 Å². The maximum atomic E-state index is 9.48. The molecule has 3 unspecified atom stereocenters. The van der Waals surface area contributed by atoms with Gasteiger partial charge in [-0.3, -0.25) is 4.98 Å². The second-order valence-corrected chi connectivity index (χ2v) is 3.70. The number of aromatic nitrogens is 1. The van der Waals surface area contributed by atoms with Gasteiger partial charge >= 0.3 is 0 Å². The van der Waals surface area contributed by atoms with E-state index in [9.17, 15) is 5.11 Å². The van der Waals surface area contributed by atoms with E-state index in [-0.39, 0.29) is 5.92 Å². The Hall–Kier alpha value is -0.930. The third-order valence-corrected chi connectivity index (χ3v) is 2.34. The van der Waals surface area contributed by atoms with Crippen LogP contribution in [0.2, 0.25) is 0 Å². The Labute approximate surface area is 84.4 Å². The van der Waals surface area contributed by atoms with Gasteiger partial charge in [0.15, 0.2) is 0 Å². The normalized spacial score (nSPS) is 17.4. The van der Waals surface area contributed by atoms with Gasteiger partial charge in [-0.2, -0.15) is 0 Å². The number of rotatable bonds is 4. The van der Waals surface area contributed by atoms with Gasteiger partial charge in [-0.1, -0.05) is 13.0 Å². The number of pyridine rings is 1. The van der Waals surface area contributed by atoms with Gasteiger partial charge in [0.1, 0.15) is 0 Å². The molecule has 14 heavy (non-hydrogen) atoms. The Balaban J connectivity index is 2.55. The molecule has 0 aliphatic rings. The molecule has 0 aliphatic carbocycles. The molecular formula is C11H17NO2. The highest BCUT2D eigenvalue weighted by molar-refractivity contribution is 5.08. The molecule has 0 saturated heterocycles. The van der Waals surface area contributed by atoms with Gasteiger partial charge in [0.05, 0.1) is 12.2 Å². The monoisotopic (exact) mass is 195 g/mol. The highest BCUT2D eigenvalue weighted by Crippen LogP contribution is 2.19. The summed E-state index contributed by atoms with van der Waals surface area (Å²) in [6.07, 6.45) is 0.920. The number of nitrogens with zero attached hydrogens (tertiary/aromatic N) is 1. The fourth-order valence-corrected chi connectivity index (χ4v) is 1.35. The first-order chi connectivity index (χ1) is 6.61. The van der Waals surface area contributed by atoms with Crippen molar-refractivity contribution in [2.24, 2.45) is 0 Å². The van der Waals surface area contributed by atoms with Crippen LogP contribution < -0.4 is 0 Å². The van der Waals surface area contributed by atoms with Gasteiger partial charge in [0.25, 0.3) is 0 Å². The SMILES string of the molecule is CC(CC(O)C(C)O)c1ccccn1. The minimum atomic E-state index is -0.679. The molecule has 0 amide bonds. The molecule has 1 rings (SSSR count). The summed E-state index contributed by atoms with van der Waals surface area (Å²) >= 11 is 0. The lowest BCUT2D eigenvalue weighted by Gasteiger charge is -2.17. The van der Waals surface area contributed by atoms with Crippen molar-refractivity contribution < 1.29 is 10.2 Å². The summed E-state index contributed by atoms with van der Waals surface area (Å²) in [5, 5.41) is 18.6. The van der Waals surface area contributed by atoms with Crippen molar-refractivity contribution in [3.05, 3.63) is 30.1 Å². The molecule has 3 heteroatoms. The van der Waals surface area contributed by atoms with Crippen molar-refractivity contribution in [2.75, 3.05) is 0 Å². The molecule has 3 atom stereocenters. The first-order valence-corrected chi connectivity index (χ1v) is 4.88. The lowest BCUT2D eigenvalue weighted by atomic mass is 9.97. The molecule has 1 heterocycles. The highest BCUT2D eigenvalue weighted by atomic mass is 16.3. The number of aliphatic hydroxyl groups is 2. The fourth-order valence-electron chi connectivity index (χ4n) is 1.35. The molecule has 0 aliphatic heterocycles. The minimum absolute atomic E-state index is 0.167. The zero-order valence-electron chi connectivity index (χ0n) is 8.59. The fraction of sp³-hybridized carbons (Fsp3) is 0.545. The van der Waals surface area contributed by atoms with Crippen LogP contribution in [-0.4, -0.2) is 27.4 Å². The summed E-state index contributed by atoms with van der Waals surface area (Å²) in [6.45, 7) is 3.59. The molecule has 0 spiro atoms. The summed E-state index contributed by atoms with van der Waals surface area (Å²) < 4.78 is 0. The maximum absolute atomic E-state index is 9.48. The first-order valence-electron chi connectivity index (χ1n) is 4.88. The predicted octanol–water partition coefficient (Wildman–Crippen LogP) is 1.32. The topological polar surface area (TPSA) is 53.4 Å². The van der Waals surface area contributed by atoms with Gasteiger partial charge in [-0.15, -0.1) is 0 Å². The van der Waals surface area contributed by atoms with E-state index >= 15 is 0 Å². The zero-order valence-corrected chi connectivity index (χ0v) is 8.59. The van der Waals surface area contributed by atoms with E-state index in [1.54, 1.807) is 13.1 Å². The van der Waals surface area contributed by atoms with Gasteiger partial charge in [0, 0.05) is 17.8 Å². The van der Waals surface area contributed by atoms with Crippen molar-refractivity contribution in [3.63, 3.8) is 0 Å². The molecule has 0 radical (unpaired) electrons. The molecule has 2 N–H and O–H groups in total. The van der Waals surface area contributed by atoms with Crippen LogP contribution in [0, 0.1) is 0 Å². The van der Waals surface area contributed by atoms with E-state index in [1.807, 2.05) is 25.1 Å². The van der Waals surface area contributed by atoms with Crippen LogP contribution in [0.3, 0.4) is 0 Å². The van der Waals surface area contributed by atoms with Crippen LogP contribution in [0.25, 0.3) is 0 Å². The molecule has 0 saturated carbocycles. The summed E-state index contributed by atoms with van der Waals surface area (Å²) in [4.78, 5) is 4.20. The van der Waals surface area contributed by atoms with Gasteiger partial charge < -0.3 is 10.2 Å². The lowest BCUT2D eigenvalue weighted by Crippen LogP contribution is -2.24. The van der Waals surface area contributed by atoms with Crippen molar-refractivity contribution in [3.8, 4) is 0 Å². The summed E-state index contributed by atoms with van der Waals surface area (Å²) in [7, 11) is 0. The van der Waals surface area contributed by atoms with E-state index in [0.29, 0.717) is 6.42 Å². The minimum Gasteiger partial charge on any atom is -0.391 e. The van der Waals surface area contributed by atoms with E-state index in [0.717, 1.165) is 5.69 Å². The average molecular weight is 195 g/mol. The molecule has 0 fully saturated rings. The molecule has 0 bridgehead atoms. The molecular weight excluding hydrogens is 178 g/mol. The Morgan fingerprint density at radius 3 is 2.50 bits per heavy atom. The third-order valence-electron chi connectivity index (χ3n) is 2.34. The third kappa shape index (κ3) is 3.09. The Bertz CT molecular complexity index is 261. The van der Waals surface area contributed by atoms with Crippen molar-refractivity contribution in [1.82, 2.24) is 4.98 Å². The second-order valence-electron chi connectivity index (χ2n) is 3.70. The Kier molecular flexibility index (Phi) is 4.04. The number of aliphatic hydroxyl groups excluding tert-OH is 2. The van der Waals surface area contributed by atoms with Gasteiger partial charge in [-0.05, 0) is 25.5 Å². The zero-order chi connectivity index (χ0) is 10.6. The maximum Gasteiger partial charge on any atom is 0.0802 e. The van der Waals surface area contributed by atoms with Crippen molar-refractivity contribution in [1.29, 1.82) is 0 Å². The smallest absolute Gasteiger partial charge is 0.0802 e. The van der Waals surface area contributed by atoms with Crippen molar-refractivity contribution >= 4 is 0 Å². The van der Waals surface area contributed by atoms with E-state index in [4.69, 9.17) is 5.11 Å². The predicted molar refractivity (Wildman–Crippen MR) is 55.0 cm³/mol. The van der Waals surface area contributed by atoms with Gasteiger partial charge in [0.2, 0.25) is 0 Å². The number of hydrogen-bond acceptors (Lipinski definition) is 3. The van der Waals surface area contributed by atoms with Crippen LogP contribution in [-0.2, 0) is 0 Å². The Morgan fingerprint density at radius 1 is 1.29 bits per heavy atom. The largest absolute Gasteiger partial charge is 0.391 e. The lowest BCUT2D eigenvalue weighted by molar-refractivity contribution is 0.0225. The molecule has 1 aromatic rings. The number of hydrogen-bond donors (Lipinski definition) is 2. The van der Waals surface area contributed by atoms with E-state index in [1.165, 1.54) is 0 Å². The molecule has 3 nitrogen and oxygen atoms in total. The van der Waals surface area contributed by atoms with Crippen LogP contribution in [0.5, 0.6) is 0 Å². The molecule has 1 aromatic heterocycles. The molecule has 0 aromatic carbocycles. The second kappa shape index (κ2) is 5.08. The Morgan fingerprint density at radius 2 is 2.00 bits per heavy atom. The summed E-state index contributed by atoms with van der Waals surface area (Å²) in [6, 6.07) is 5.72. The standard InChI is InChI=1S/C11H17NO2/c1-8(7-11(14)9(2)13)10-5-3-4-6-12-10/h3-6,8-9,11,13-14H,7H2,1-2H3. The van der Waals surface area contributed by atoms with Crippen LogP contribution in [0.15, 0.2) is 24.4 Å². The van der Waals surface area contributed by atoms with Crippen molar-refractivity contribution in [2.45, 2.75) is 38.4 Å². The van der Waals surface area contributed by atoms with E-state index < -0.39 is 12.2 Å². The quantitative estimate of drug-likeness (QED) is 0.761. The van der Waals surface area contributed by atoms with Crippen LogP contribution >= 0.6 is 0 Å². The molecule has 78 valence electrons. The van der Waals surface area contributed by atoms with Crippen LogP contribution in [0.1, 0.15) is 31.9 Å². The highest BCUT2D eigenvalue weighted by Gasteiger charge is 2.16. The van der Waals surface area contributed by atoms with Gasteiger partial charge in [-0.25, -0.2) is 0 Å². The summed E-state index contributed by atoms with van der Waals surface area (Å²) in [5.41, 5.74) is 0.951. The summed E-state index contributed by atoms with van der Waals surface area (Å²) in [5.74, 6) is 0.167. The first kappa shape index (κ1) is 11.1.